The second-order valence-corrected chi connectivity index (χ2v) is 7.92. The number of rotatable bonds is 3. The molecule has 0 bridgehead atoms. The number of aliphatic hydroxyl groups excluding tert-OH is 1. The zero-order chi connectivity index (χ0) is 19.8. The van der Waals surface area contributed by atoms with E-state index in [4.69, 9.17) is 9.47 Å². The summed E-state index contributed by atoms with van der Waals surface area (Å²) in [5, 5.41) is 10.7. The van der Waals surface area contributed by atoms with Crippen molar-refractivity contribution >= 4 is 5.91 Å². The summed E-state index contributed by atoms with van der Waals surface area (Å²) in [7, 11) is 1.33. The topological polar surface area (TPSA) is 62.2 Å². The lowest BCUT2D eigenvalue weighted by atomic mass is 9.77. The summed E-state index contributed by atoms with van der Waals surface area (Å²) in [6, 6.07) is 2.28. The number of carbonyl (C=O) groups is 1. The average Bonchev–Trinajstić information content (AvgIpc) is 3.12. The highest BCUT2D eigenvalue weighted by molar-refractivity contribution is 5.97. The predicted octanol–water partition coefficient (Wildman–Crippen LogP) is 1.52. The van der Waals surface area contributed by atoms with E-state index in [2.05, 4.69) is 4.90 Å². The van der Waals surface area contributed by atoms with Gasteiger partial charge in [0.15, 0.2) is 11.6 Å². The van der Waals surface area contributed by atoms with E-state index in [-0.39, 0.29) is 29.2 Å². The highest BCUT2D eigenvalue weighted by Crippen LogP contribution is 2.39. The lowest BCUT2D eigenvalue weighted by Gasteiger charge is -2.43. The van der Waals surface area contributed by atoms with Crippen LogP contribution in [0, 0.1) is 23.5 Å². The minimum atomic E-state index is -1.18. The van der Waals surface area contributed by atoms with Gasteiger partial charge in [-0.05, 0) is 36.8 Å². The molecule has 2 aliphatic heterocycles. The third-order valence-corrected chi connectivity index (χ3v) is 6.40. The first-order valence-electron chi connectivity index (χ1n) is 9.80. The molecule has 2 saturated heterocycles. The molecule has 1 N–H and O–H groups in total. The highest BCUT2D eigenvalue weighted by Gasteiger charge is 2.45. The molecule has 4 atom stereocenters. The quantitative estimate of drug-likeness (QED) is 0.840. The van der Waals surface area contributed by atoms with Gasteiger partial charge in [0, 0.05) is 32.2 Å². The molecule has 3 fully saturated rings. The van der Waals surface area contributed by atoms with Crippen molar-refractivity contribution in [2.75, 3.05) is 46.5 Å². The number of morpholine rings is 1. The molecule has 1 saturated carbocycles. The average molecular weight is 396 g/mol. The Morgan fingerprint density at radius 1 is 1.18 bits per heavy atom. The van der Waals surface area contributed by atoms with Crippen LogP contribution in [0.4, 0.5) is 8.78 Å². The first kappa shape index (κ1) is 19.5. The molecule has 0 aromatic heterocycles. The normalized spacial score (nSPS) is 30.9. The van der Waals surface area contributed by atoms with Crippen molar-refractivity contribution in [3.05, 3.63) is 29.3 Å². The van der Waals surface area contributed by atoms with E-state index in [1.807, 2.05) is 0 Å². The fraction of sp³-hybridized carbons (Fsp3) is 0.650. The van der Waals surface area contributed by atoms with Crippen LogP contribution >= 0.6 is 0 Å². The number of hydrogen-bond acceptors (Lipinski definition) is 5. The van der Waals surface area contributed by atoms with Crippen LogP contribution in [0.5, 0.6) is 5.75 Å². The van der Waals surface area contributed by atoms with E-state index in [1.165, 1.54) is 13.2 Å². The van der Waals surface area contributed by atoms with Crippen molar-refractivity contribution in [3.8, 4) is 5.75 Å². The lowest BCUT2D eigenvalue weighted by Crippen LogP contribution is -2.53. The largest absolute Gasteiger partial charge is 0.496 e. The number of halogens is 2. The summed E-state index contributed by atoms with van der Waals surface area (Å²) in [5.74, 6) is -2.36. The van der Waals surface area contributed by atoms with Gasteiger partial charge in [-0.15, -0.1) is 0 Å². The van der Waals surface area contributed by atoms with Crippen LogP contribution in [-0.4, -0.2) is 79.5 Å². The molecular weight excluding hydrogens is 370 g/mol. The highest BCUT2D eigenvalue weighted by atomic mass is 19.2. The molecular formula is C20H26F2N2O4. The van der Waals surface area contributed by atoms with Crippen molar-refractivity contribution in [3.63, 3.8) is 0 Å². The maximum atomic E-state index is 14.3. The van der Waals surface area contributed by atoms with Gasteiger partial charge in [-0.3, -0.25) is 9.69 Å². The molecule has 1 amide bonds. The minimum Gasteiger partial charge on any atom is -0.496 e. The van der Waals surface area contributed by atoms with Gasteiger partial charge >= 0.3 is 0 Å². The maximum absolute atomic E-state index is 14.3. The molecule has 8 heteroatoms. The van der Waals surface area contributed by atoms with Crippen LogP contribution in [0.3, 0.4) is 0 Å². The number of carbonyl (C=O) groups excluding carboxylic acids is 1. The van der Waals surface area contributed by atoms with Crippen LogP contribution in [0.2, 0.25) is 0 Å². The molecule has 0 spiro atoms. The Balaban J connectivity index is 1.50. The molecule has 3 aliphatic rings. The summed E-state index contributed by atoms with van der Waals surface area (Å²) in [6.07, 6.45) is 0.951. The Morgan fingerprint density at radius 3 is 2.54 bits per heavy atom. The Kier molecular flexibility index (Phi) is 5.53. The van der Waals surface area contributed by atoms with E-state index in [9.17, 15) is 18.7 Å². The second kappa shape index (κ2) is 7.93. The monoisotopic (exact) mass is 396 g/mol. The van der Waals surface area contributed by atoms with E-state index in [1.54, 1.807) is 4.90 Å². The Hall–Kier alpha value is -1.77. The standard InChI is InChI=1S/C20H26F2N2O4/c1-27-17-3-2-14(21)19(22)18(17)20(26)24-10-12-8-15(16(25)9-13(12)11-24)23-4-6-28-7-5-23/h2-3,12-13,15-16,25H,4-11H2,1H3/t12-,13+,15-,16-/m1/s1. The van der Waals surface area contributed by atoms with Crippen molar-refractivity contribution in [2.24, 2.45) is 11.8 Å². The first-order valence-corrected chi connectivity index (χ1v) is 9.80. The third-order valence-electron chi connectivity index (χ3n) is 6.40. The summed E-state index contributed by atoms with van der Waals surface area (Å²) in [5.41, 5.74) is -0.355. The molecule has 1 aliphatic carbocycles. The number of nitrogens with zero attached hydrogens (tertiary/aromatic N) is 2. The zero-order valence-corrected chi connectivity index (χ0v) is 15.9. The molecule has 0 radical (unpaired) electrons. The SMILES string of the molecule is COc1ccc(F)c(F)c1C(=O)N1C[C@H]2C[C@@H](N3CCOCC3)[C@H](O)C[C@H]2C1. The van der Waals surface area contributed by atoms with Crippen LogP contribution in [0.1, 0.15) is 23.2 Å². The molecule has 2 heterocycles. The molecule has 6 nitrogen and oxygen atoms in total. The van der Waals surface area contributed by atoms with Crippen LogP contribution in [0.15, 0.2) is 12.1 Å². The number of ether oxygens (including phenoxy) is 2. The summed E-state index contributed by atoms with van der Waals surface area (Å²) < 4.78 is 38.5. The number of benzene rings is 1. The Labute approximate surface area is 163 Å². The molecule has 154 valence electrons. The van der Waals surface area contributed by atoms with Crippen LogP contribution < -0.4 is 4.74 Å². The zero-order valence-electron chi connectivity index (χ0n) is 15.9. The lowest BCUT2D eigenvalue weighted by molar-refractivity contribution is -0.0520. The molecule has 1 aromatic rings. The fourth-order valence-electron chi connectivity index (χ4n) is 4.94. The van der Waals surface area contributed by atoms with Gasteiger partial charge in [0.25, 0.3) is 5.91 Å². The number of amides is 1. The second-order valence-electron chi connectivity index (χ2n) is 7.92. The van der Waals surface area contributed by atoms with Crippen LogP contribution in [-0.2, 0) is 4.74 Å². The number of methoxy groups -OCH3 is 1. The molecule has 4 rings (SSSR count). The van der Waals surface area contributed by atoms with Gasteiger partial charge < -0.3 is 19.5 Å². The summed E-state index contributed by atoms with van der Waals surface area (Å²) >= 11 is 0. The molecule has 0 unspecified atom stereocenters. The van der Waals surface area contributed by atoms with Crippen LogP contribution in [0.25, 0.3) is 0 Å². The molecule has 28 heavy (non-hydrogen) atoms. The van der Waals surface area contributed by atoms with Gasteiger partial charge in [-0.1, -0.05) is 0 Å². The number of aliphatic hydroxyl groups is 1. The van der Waals surface area contributed by atoms with E-state index in [0.717, 1.165) is 25.6 Å². The van der Waals surface area contributed by atoms with Gasteiger partial charge in [-0.2, -0.15) is 0 Å². The van der Waals surface area contributed by atoms with Gasteiger partial charge in [0.1, 0.15) is 11.3 Å². The number of likely N-dealkylation sites (tertiary alicyclic amines) is 1. The Morgan fingerprint density at radius 2 is 1.86 bits per heavy atom. The summed E-state index contributed by atoms with van der Waals surface area (Å²) in [4.78, 5) is 16.8. The number of fused-ring (bicyclic) bond motifs is 1. The fourth-order valence-corrected chi connectivity index (χ4v) is 4.94. The van der Waals surface area contributed by atoms with E-state index < -0.39 is 23.6 Å². The Bertz CT molecular complexity index is 741. The number of hydrogen-bond donors (Lipinski definition) is 1. The predicted molar refractivity (Wildman–Crippen MR) is 97.2 cm³/mol. The smallest absolute Gasteiger partial charge is 0.260 e. The van der Waals surface area contributed by atoms with Gasteiger partial charge in [0.2, 0.25) is 0 Å². The maximum Gasteiger partial charge on any atom is 0.260 e. The third kappa shape index (κ3) is 3.49. The van der Waals surface area contributed by atoms with Crippen molar-refractivity contribution in [2.45, 2.75) is 25.0 Å². The van der Waals surface area contributed by atoms with Gasteiger partial charge in [-0.25, -0.2) is 8.78 Å². The van der Waals surface area contributed by atoms with E-state index >= 15 is 0 Å². The van der Waals surface area contributed by atoms with Crippen molar-refractivity contribution < 1.29 is 28.2 Å². The molecule has 1 aromatic carbocycles. The minimum absolute atomic E-state index is 0.0324. The first-order chi connectivity index (χ1) is 13.5. The van der Waals surface area contributed by atoms with E-state index in [0.29, 0.717) is 32.7 Å². The van der Waals surface area contributed by atoms with Crippen molar-refractivity contribution in [1.82, 2.24) is 9.80 Å². The van der Waals surface area contributed by atoms with Crippen molar-refractivity contribution in [1.29, 1.82) is 0 Å². The van der Waals surface area contributed by atoms with Gasteiger partial charge in [0.05, 0.1) is 26.4 Å². The summed E-state index contributed by atoms with van der Waals surface area (Å²) in [6.45, 7) is 3.85.